The van der Waals surface area contributed by atoms with Gasteiger partial charge in [-0.15, -0.1) is 12.3 Å². The number of hydrogen-bond donors (Lipinski definition) is 1. The van der Waals surface area contributed by atoms with Crippen LogP contribution in [0, 0.1) is 12.3 Å². The van der Waals surface area contributed by atoms with Crippen LogP contribution in [-0.4, -0.2) is 36.6 Å². The van der Waals surface area contributed by atoms with Gasteiger partial charge in [-0.05, 0) is 51.7 Å². The molecule has 1 N–H and O–H groups in total. The summed E-state index contributed by atoms with van der Waals surface area (Å²) >= 11 is 0. The highest BCUT2D eigenvalue weighted by atomic mass is 15.1. The van der Waals surface area contributed by atoms with E-state index in [1.165, 1.54) is 45.3 Å². The number of likely N-dealkylation sites (tertiary alicyclic amines) is 1. The molecule has 0 aromatic carbocycles. The van der Waals surface area contributed by atoms with E-state index in [-0.39, 0.29) is 0 Å². The molecule has 0 aromatic heterocycles. The van der Waals surface area contributed by atoms with Crippen LogP contribution >= 0.6 is 0 Å². The van der Waals surface area contributed by atoms with Gasteiger partial charge in [-0.3, -0.25) is 0 Å². The summed E-state index contributed by atoms with van der Waals surface area (Å²) in [6, 6.07) is 1.19. The van der Waals surface area contributed by atoms with Gasteiger partial charge in [0.1, 0.15) is 0 Å². The standard InChI is InChI=1S/C15H28N2/c1-4-8-14(6-3)16-15-9-7-12-17(11-5-2)13-10-15/h1,14-16H,5-13H2,2-3H3. The Kier molecular flexibility index (Phi) is 7.32. The maximum absolute atomic E-state index is 5.40. The number of hydrogen-bond acceptors (Lipinski definition) is 2. The topological polar surface area (TPSA) is 15.3 Å². The first-order chi connectivity index (χ1) is 8.30. The van der Waals surface area contributed by atoms with Crippen molar-refractivity contribution in [2.45, 2.75) is 64.5 Å². The normalized spacial score (nSPS) is 23.9. The van der Waals surface area contributed by atoms with Crippen molar-refractivity contribution in [2.75, 3.05) is 19.6 Å². The molecule has 98 valence electrons. The molecule has 1 saturated heterocycles. The Morgan fingerprint density at radius 2 is 2.18 bits per heavy atom. The van der Waals surface area contributed by atoms with Gasteiger partial charge in [-0.2, -0.15) is 0 Å². The lowest BCUT2D eigenvalue weighted by Gasteiger charge is -2.23. The van der Waals surface area contributed by atoms with Gasteiger partial charge >= 0.3 is 0 Å². The number of rotatable bonds is 6. The van der Waals surface area contributed by atoms with Crippen LogP contribution in [0.15, 0.2) is 0 Å². The molecule has 1 rings (SSSR count). The first-order valence-electron chi connectivity index (χ1n) is 7.22. The third-order valence-electron chi connectivity index (χ3n) is 3.69. The van der Waals surface area contributed by atoms with Crippen molar-refractivity contribution in [1.29, 1.82) is 0 Å². The number of nitrogens with zero attached hydrogens (tertiary/aromatic N) is 1. The minimum Gasteiger partial charge on any atom is -0.310 e. The fourth-order valence-corrected chi connectivity index (χ4v) is 2.66. The van der Waals surface area contributed by atoms with Crippen LogP contribution in [0.1, 0.15) is 52.4 Å². The van der Waals surface area contributed by atoms with Crippen LogP contribution in [0.5, 0.6) is 0 Å². The first kappa shape index (κ1) is 14.5. The molecule has 1 aliphatic rings. The van der Waals surface area contributed by atoms with Crippen molar-refractivity contribution in [2.24, 2.45) is 0 Å². The molecule has 0 radical (unpaired) electrons. The van der Waals surface area contributed by atoms with E-state index < -0.39 is 0 Å². The van der Waals surface area contributed by atoms with Crippen molar-refractivity contribution in [3.8, 4) is 12.3 Å². The van der Waals surface area contributed by atoms with Gasteiger partial charge in [0.15, 0.2) is 0 Å². The molecule has 17 heavy (non-hydrogen) atoms. The van der Waals surface area contributed by atoms with E-state index in [0.29, 0.717) is 12.1 Å². The van der Waals surface area contributed by atoms with Gasteiger partial charge in [0.2, 0.25) is 0 Å². The summed E-state index contributed by atoms with van der Waals surface area (Å²) in [7, 11) is 0. The van der Waals surface area contributed by atoms with Gasteiger partial charge in [0.25, 0.3) is 0 Å². The molecule has 1 aliphatic heterocycles. The Morgan fingerprint density at radius 1 is 1.35 bits per heavy atom. The summed E-state index contributed by atoms with van der Waals surface area (Å²) in [5, 5.41) is 3.74. The molecule has 0 amide bonds. The lowest BCUT2D eigenvalue weighted by atomic mass is 10.1. The van der Waals surface area contributed by atoms with Gasteiger partial charge in [-0.1, -0.05) is 13.8 Å². The third-order valence-corrected chi connectivity index (χ3v) is 3.69. The quantitative estimate of drug-likeness (QED) is 0.713. The maximum atomic E-state index is 5.40. The molecule has 0 aromatic rings. The molecule has 1 heterocycles. The van der Waals surface area contributed by atoms with Crippen LogP contribution in [0.2, 0.25) is 0 Å². The van der Waals surface area contributed by atoms with Crippen molar-refractivity contribution in [3.63, 3.8) is 0 Å². The average molecular weight is 236 g/mol. The van der Waals surface area contributed by atoms with E-state index in [1.807, 2.05) is 0 Å². The Morgan fingerprint density at radius 3 is 2.82 bits per heavy atom. The molecule has 0 saturated carbocycles. The second kappa shape index (κ2) is 8.55. The summed E-state index contributed by atoms with van der Waals surface area (Å²) < 4.78 is 0. The van der Waals surface area contributed by atoms with Gasteiger partial charge < -0.3 is 10.2 Å². The summed E-state index contributed by atoms with van der Waals surface area (Å²) in [6.07, 6.45) is 12.6. The van der Waals surface area contributed by atoms with Crippen molar-refractivity contribution in [1.82, 2.24) is 10.2 Å². The zero-order chi connectivity index (χ0) is 12.5. The lowest BCUT2D eigenvalue weighted by molar-refractivity contribution is 0.281. The predicted octanol–water partition coefficient (Wildman–Crippen LogP) is 2.64. The highest BCUT2D eigenvalue weighted by molar-refractivity contribution is 4.90. The Hall–Kier alpha value is -0.520. The summed E-state index contributed by atoms with van der Waals surface area (Å²) in [6.45, 7) is 8.26. The first-order valence-corrected chi connectivity index (χ1v) is 7.22. The molecule has 2 unspecified atom stereocenters. The van der Waals surface area contributed by atoms with E-state index in [2.05, 4.69) is 30.0 Å². The molecule has 2 atom stereocenters. The van der Waals surface area contributed by atoms with E-state index in [0.717, 1.165) is 12.8 Å². The van der Waals surface area contributed by atoms with E-state index in [4.69, 9.17) is 6.42 Å². The molecule has 0 spiro atoms. The van der Waals surface area contributed by atoms with Gasteiger partial charge in [0, 0.05) is 18.5 Å². The van der Waals surface area contributed by atoms with Crippen molar-refractivity contribution >= 4 is 0 Å². The average Bonchev–Trinajstić information content (AvgIpc) is 2.55. The molecule has 0 aliphatic carbocycles. The largest absolute Gasteiger partial charge is 0.310 e. The molecule has 2 nitrogen and oxygen atoms in total. The fraction of sp³-hybridized carbons (Fsp3) is 0.867. The van der Waals surface area contributed by atoms with E-state index >= 15 is 0 Å². The second-order valence-corrected chi connectivity index (χ2v) is 5.15. The van der Waals surface area contributed by atoms with Crippen LogP contribution < -0.4 is 5.32 Å². The van der Waals surface area contributed by atoms with Crippen LogP contribution in [0.25, 0.3) is 0 Å². The minimum absolute atomic E-state index is 0.516. The Labute approximate surface area is 107 Å². The SMILES string of the molecule is C#CCC(CC)NC1CCCN(CCC)CC1. The Balaban J connectivity index is 2.32. The summed E-state index contributed by atoms with van der Waals surface area (Å²) in [5.41, 5.74) is 0. The number of terminal acetylenes is 1. The summed E-state index contributed by atoms with van der Waals surface area (Å²) in [4.78, 5) is 2.60. The highest BCUT2D eigenvalue weighted by Crippen LogP contribution is 2.13. The minimum atomic E-state index is 0.516. The fourth-order valence-electron chi connectivity index (χ4n) is 2.66. The monoisotopic (exact) mass is 236 g/mol. The third kappa shape index (κ3) is 5.57. The van der Waals surface area contributed by atoms with E-state index in [9.17, 15) is 0 Å². The smallest absolute Gasteiger partial charge is 0.0240 e. The van der Waals surface area contributed by atoms with Crippen LogP contribution in [-0.2, 0) is 0 Å². The zero-order valence-corrected chi connectivity index (χ0v) is 11.5. The van der Waals surface area contributed by atoms with Crippen LogP contribution in [0.3, 0.4) is 0 Å². The summed E-state index contributed by atoms with van der Waals surface area (Å²) in [5.74, 6) is 2.78. The molecule has 2 heteroatoms. The molecular weight excluding hydrogens is 208 g/mol. The number of nitrogens with one attached hydrogen (secondary N) is 1. The van der Waals surface area contributed by atoms with Crippen molar-refractivity contribution < 1.29 is 0 Å². The molecule has 1 fully saturated rings. The van der Waals surface area contributed by atoms with Crippen molar-refractivity contribution in [3.05, 3.63) is 0 Å². The van der Waals surface area contributed by atoms with E-state index in [1.54, 1.807) is 0 Å². The van der Waals surface area contributed by atoms with Crippen LogP contribution in [0.4, 0.5) is 0 Å². The molecule has 0 bridgehead atoms. The van der Waals surface area contributed by atoms with Gasteiger partial charge in [0.05, 0.1) is 0 Å². The van der Waals surface area contributed by atoms with Gasteiger partial charge in [-0.25, -0.2) is 0 Å². The zero-order valence-electron chi connectivity index (χ0n) is 11.5. The highest BCUT2D eigenvalue weighted by Gasteiger charge is 2.18. The second-order valence-electron chi connectivity index (χ2n) is 5.15. The lowest BCUT2D eigenvalue weighted by Crippen LogP contribution is -2.38. The predicted molar refractivity (Wildman–Crippen MR) is 75.0 cm³/mol. The maximum Gasteiger partial charge on any atom is 0.0240 e. The molecular formula is C15H28N2. The Bertz CT molecular complexity index is 232.